The van der Waals surface area contributed by atoms with Crippen molar-refractivity contribution in [2.24, 2.45) is 0 Å². The number of carboxylic acids is 1. The van der Waals surface area contributed by atoms with Crippen LogP contribution in [-0.2, 0) is 6.61 Å². The fourth-order valence-electron chi connectivity index (χ4n) is 2.41. The number of hydrogen-bond acceptors (Lipinski definition) is 8. The maximum Gasteiger partial charge on any atom is 0.467 e. The Hall–Kier alpha value is -2.72. The summed E-state index contributed by atoms with van der Waals surface area (Å²) in [6.45, 7) is 0.231. The highest BCUT2D eigenvalue weighted by atomic mass is 16.7. The Bertz CT molecular complexity index is 803. The highest BCUT2D eigenvalue weighted by Gasteiger charge is 2.33. The van der Waals surface area contributed by atoms with Crippen molar-refractivity contribution in [1.82, 2.24) is 9.78 Å². The van der Waals surface area contributed by atoms with Crippen molar-refractivity contribution in [3.63, 3.8) is 0 Å². The second-order valence-corrected chi connectivity index (χ2v) is 6.05. The molecule has 1 aliphatic rings. The van der Waals surface area contributed by atoms with E-state index in [1.54, 1.807) is 17.1 Å². The molecule has 0 unspecified atom stereocenters. The van der Waals surface area contributed by atoms with E-state index in [4.69, 9.17) is 14.1 Å². The van der Waals surface area contributed by atoms with Crippen LogP contribution in [0.1, 0.15) is 35.8 Å². The first-order chi connectivity index (χ1) is 11.8. The third kappa shape index (κ3) is 3.54. The Morgan fingerprint density at radius 2 is 2.24 bits per heavy atom. The normalized spacial score (nSPS) is 15.2. The van der Waals surface area contributed by atoms with Gasteiger partial charge in [0.25, 0.3) is 0 Å². The lowest BCUT2D eigenvalue weighted by Gasteiger charge is -2.37. The zero-order valence-electron chi connectivity index (χ0n) is 13.7. The van der Waals surface area contributed by atoms with Gasteiger partial charge in [-0.2, -0.15) is 5.10 Å². The lowest BCUT2D eigenvalue weighted by Crippen LogP contribution is -2.51. The van der Waals surface area contributed by atoms with E-state index in [2.05, 4.69) is 5.10 Å². The standard InChI is InChI=1S/C15H18BN2O7/c1-9(2)18-6-10(5-17-18)7-23-11-3-4-12-14(13(11)15(19)20)25-16(21,22)8-24-12/h3-6,9,21-22H,7-8H2,1-2H3,(H,19,20)/q-1/p-1. The molecule has 10 heteroatoms. The minimum absolute atomic E-state index is 0.0341. The zero-order chi connectivity index (χ0) is 18.2. The summed E-state index contributed by atoms with van der Waals surface area (Å²) in [5.74, 6) is -1.87. The van der Waals surface area contributed by atoms with E-state index in [0.29, 0.717) is 0 Å². The third-order valence-corrected chi connectivity index (χ3v) is 3.63. The Balaban J connectivity index is 1.87. The molecule has 9 nitrogen and oxygen atoms in total. The summed E-state index contributed by atoms with van der Waals surface area (Å²) in [4.78, 5) is 11.5. The molecule has 1 aromatic heterocycles. The van der Waals surface area contributed by atoms with Gasteiger partial charge in [0.05, 0.1) is 24.2 Å². The summed E-state index contributed by atoms with van der Waals surface area (Å²) in [5, 5.41) is 34.9. The molecular weight excluding hydrogens is 331 g/mol. The Morgan fingerprint density at radius 3 is 2.88 bits per heavy atom. The van der Waals surface area contributed by atoms with Crippen LogP contribution in [0.5, 0.6) is 17.2 Å². The first-order valence-corrected chi connectivity index (χ1v) is 7.73. The number of benzene rings is 1. The van der Waals surface area contributed by atoms with E-state index >= 15 is 0 Å². The number of carbonyl (C=O) groups is 1. The molecule has 0 radical (unpaired) electrons. The van der Waals surface area contributed by atoms with Crippen LogP contribution in [0, 0.1) is 0 Å². The van der Waals surface area contributed by atoms with Gasteiger partial charge in [0.1, 0.15) is 18.1 Å². The van der Waals surface area contributed by atoms with Crippen LogP contribution in [-0.4, -0.2) is 39.1 Å². The first kappa shape index (κ1) is 17.1. The molecule has 2 heterocycles. The first-order valence-electron chi connectivity index (χ1n) is 7.73. The number of fused-ring (bicyclic) bond motifs is 1. The molecular formula is C15H17BN2O7-2. The van der Waals surface area contributed by atoms with Crippen LogP contribution < -0.4 is 19.2 Å². The topological polar surface area (TPSA) is 126 Å². The molecule has 1 aromatic carbocycles. The van der Waals surface area contributed by atoms with Gasteiger partial charge in [-0.05, 0) is 26.0 Å². The van der Waals surface area contributed by atoms with Crippen molar-refractivity contribution >= 4 is 12.7 Å². The minimum atomic E-state index is -3.30. The molecule has 0 atom stereocenters. The fraction of sp³-hybridized carbons (Fsp3) is 0.333. The zero-order valence-corrected chi connectivity index (χ0v) is 13.7. The quantitative estimate of drug-likeness (QED) is 0.702. The van der Waals surface area contributed by atoms with Crippen molar-refractivity contribution in [3.05, 3.63) is 35.7 Å². The molecule has 134 valence electrons. The smallest absolute Gasteiger partial charge is 0.467 e. The van der Waals surface area contributed by atoms with E-state index in [0.717, 1.165) is 5.56 Å². The number of ether oxygens (including phenoxy) is 2. The minimum Gasteiger partial charge on any atom is -0.665 e. The second kappa shape index (κ2) is 6.30. The average Bonchev–Trinajstić information content (AvgIpc) is 3.00. The summed E-state index contributed by atoms with van der Waals surface area (Å²) in [6.07, 6.45) is 3.41. The average molecular weight is 348 g/mol. The summed E-state index contributed by atoms with van der Waals surface area (Å²) in [6, 6.07) is 3.01. The van der Waals surface area contributed by atoms with Crippen molar-refractivity contribution in [1.29, 1.82) is 0 Å². The van der Waals surface area contributed by atoms with E-state index < -0.39 is 24.8 Å². The van der Waals surface area contributed by atoms with Crippen LogP contribution in [0.25, 0.3) is 0 Å². The lowest BCUT2D eigenvalue weighted by molar-refractivity contribution is -0.255. The van der Waals surface area contributed by atoms with E-state index in [1.165, 1.54) is 12.1 Å². The summed E-state index contributed by atoms with van der Waals surface area (Å²) < 4.78 is 17.4. The molecule has 2 N–H and O–H groups in total. The number of rotatable bonds is 5. The molecule has 25 heavy (non-hydrogen) atoms. The molecule has 0 spiro atoms. The van der Waals surface area contributed by atoms with Gasteiger partial charge in [0.2, 0.25) is 0 Å². The van der Waals surface area contributed by atoms with Gasteiger partial charge in [-0.1, -0.05) is 0 Å². The van der Waals surface area contributed by atoms with Gasteiger partial charge < -0.3 is 34.1 Å². The van der Waals surface area contributed by atoms with Crippen LogP contribution in [0.2, 0.25) is 0 Å². The molecule has 1 aliphatic heterocycles. The molecule has 0 bridgehead atoms. The third-order valence-electron chi connectivity index (χ3n) is 3.63. The Kier molecular flexibility index (Phi) is 4.31. The Labute approximate surface area is 143 Å². The van der Waals surface area contributed by atoms with Gasteiger partial charge in [-0.25, -0.2) is 0 Å². The number of carboxylic acid groups (broad SMARTS) is 1. The van der Waals surface area contributed by atoms with Gasteiger partial charge in [-0.15, -0.1) is 0 Å². The van der Waals surface area contributed by atoms with E-state index in [-0.39, 0.29) is 29.9 Å². The van der Waals surface area contributed by atoms with Crippen molar-refractivity contribution in [2.45, 2.75) is 26.5 Å². The van der Waals surface area contributed by atoms with Gasteiger partial charge >= 0.3 is 6.75 Å². The van der Waals surface area contributed by atoms with Crippen LogP contribution >= 0.6 is 0 Å². The summed E-state index contributed by atoms with van der Waals surface area (Å²) in [5.41, 5.74) is 0.304. The highest BCUT2D eigenvalue weighted by Crippen LogP contribution is 2.40. The SMILES string of the molecule is CC(C)n1cc(COc2ccc3c(c2C(=O)[O-])O[B-](O)(O)CO3)cn1. The van der Waals surface area contributed by atoms with Crippen LogP contribution in [0.3, 0.4) is 0 Å². The monoisotopic (exact) mass is 348 g/mol. The molecule has 0 fully saturated rings. The van der Waals surface area contributed by atoms with Crippen molar-refractivity contribution < 1.29 is 34.1 Å². The fourth-order valence-corrected chi connectivity index (χ4v) is 2.41. The molecule has 0 saturated heterocycles. The molecule has 3 rings (SSSR count). The number of carbonyl (C=O) groups excluding carboxylic acids is 1. The van der Waals surface area contributed by atoms with Crippen molar-refractivity contribution in [2.75, 3.05) is 6.51 Å². The summed E-state index contributed by atoms with van der Waals surface area (Å²) in [7, 11) is 0. The van der Waals surface area contributed by atoms with E-state index in [9.17, 15) is 19.9 Å². The largest absolute Gasteiger partial charge is 0.665 e. The molecule has 0 amide bonds. The predicted octanol–water partition coefficient (Wildman–Crippen LogP) is -0.360. The molecule has 0 saturated carbocycles. The number of aromatic nitrogens is 2. The van der Waals surface area contributed by atoms with Gasteiger partial charge in [0, 0.05) is 17.8 Å². The predicted molar refractivity (Wildman–Crippen MR) is 84.0 cm³/mol. The second-order valence-electron chi connectivity index (χ2n) is 6.05. The summed E-state index contributed by atoms with van der Waals surface area (Å²) >= 11 is 0. The van der Waals surface area contributed by atoms with Crippen LogP contribution in [0.4, 0.5) is 0 Å². The maximum absolute atomic E-state index is 11.5. The highest BCUT2D eigenvalue weighted by molar-refractivity contribution is 6.58. The Morgan fingerprint density at radius 1 is 1.48 bits per heavy atom. The van der Waals surface area contributed by atoms with Gasteiger partial charge in [-0.3, -0.25) is 4.68 Å². The lowest BCUT2D eigenvalue weighted by atomic mass is 9.80. The van der Waals surface area contributed by atoms with E-state index in [1.807, 2.05) is 13.8 Å². The maximum atomic E-state index is 11.5. The van der Waals surface area contributed by atoms with Crippen molar-refractivity contribution in [3.8, 4) is 17.2 Å². The van der Waals surface area contributed by atoms with Crippen LogP contribution in [0.15, 0.2) is 24.5 Å². The molecule has 2 aromatic rings. The number of aromatic carboxylic acids is 1. The number of nitrogens with zero attached hydrogens (tertiary/aromatic N) is 2. The number of hydrogen-bond donors (Lipinski definition) is 2. The van der Waals surface area contributed by atoms with Gasteiger partial charge in [0.15, 0.2) is 5.75 Å². The molecule has 0 aliphatic carbocycles.